The van der Waals surface area contributed by atoms with Gasteiger partial charge in [-0.05, 0) is 56.1 Å². The van der Waals surface area contributed by atoms with Gasteiger partial charge < -0.3 is 0 Å². The van der Waals surface area contributed by atoms with E-state index >= 15 is 0 Å². The molecule has 0 spiro atoms. The van der Waals surface area contributed by atoms with E-state index in [0.717, 1.165) is 16.8 Å². The van der Waals surface area contributed by atoms with Gasteiger partial charge in [0, 0.05) is 29.7 Å². The second kappa shape index (κ2) is 5.86. The van der Waals surface area contributed by atoms with Crippen molar-refractivity contribution in [3.63, 3.8) is 0 Å². The van der Waals surface area contributed by atoms with E-state index in [4.69, 9.17) is 0 Å². The molecule has 0 aliphatic carbocycles. The van der Waals surface area contributed by atoms with Crippen LogP contribution in [0.1, 0.15) is 0 Å². The molecule has 6 aromatic rings. The Bertz CT molecular complexity index is 1440. The summed E-state index contributed by atoms with van der Waals surface area (Å²) in [5.74, 6) is 0. The maximum absolute atomic E-state index is 4.51. The minimum Gasteiger partial charge on any atom is -0.263 e. The molecular weight excluding hydrogens is 340 g/mol. The van der Waals surface area contributed by atoms with Gasteiger partial charge in [-0.3, -0.25) is 9.97 Å². The third kappa shape index (κ3) is 2.21. The number of pyridine rings is 2. The van der Waals surface area contributed by atoms with E-state index < -0.39 is 0 Å². The summed E-state index contributed by atoms with van der Waals surface area (Å²) in [7, 11) is 0. The van der Waals surface area contributed by atoms with Crippen molar-refractivity contribution in [3.8, 4) is 22.4 Å². The quantitative estimate of drug-likeness (QED) is 0.322. The van der Waals surface area contributed by atoms with Crippen LogP contribution in [0.2, 0.25) is 0 Å². The Balaban J connectivity index is 1.65. The molecule has 4 aromatic carbocycles. The van der Waals surface area contributed by atoms with Crippen LogP contribution >= 0.6 is 0 Å². The standard InChI is InChI=1S/C26H16N2/c1-2-13-28-24(6-1)21-14-20(15-27-16-21)22-11-9-19-8-7-17-4-3-5-18-10-12-23(22)26(19)25(17)18/h1-16H. The van der Waals surface area contributed by atoms with E-state index in [1.165, 1.54) is 37.9 Å². The number of benzene rings is 4. The first-order valence-corrected chi connectivity index (χ1v) is 9.42. The first-order chi connectivity index (χ1) is 13.9. The summed E-state index contributed by atoms with van der Waals surface area (Å²) < 4.78 is 0. The van der Waals surface area contributed by atoms with Gasteiger partial charge in [0.1, 0.15) is 0 Å². The van der Waals surface area contributed by atoms with Crippen LogP contribution < -0.4 is 0 Å². The molecule has 0 saturated heterocycles. The zero-order chi connectivity index (χ0) is 18.5. The molecule has 0 fully saturated rings. The second-order valence-electron chi connectivity index (χ2n) is 7.15. The van der Waals surface area contributed by atoms with E-state index in [-0.39, 0.29) is 0 Å². The Kier molecular flexibility index (Phi) is 3.20. The lowest BCUT2D eigenvalue weighted by Gasteiger charge is -2.14. The Labute approximate surface area is 162 Å². The van der Waals surface area contributed by atoms with Crippen molar-refractivity contribution in [2.75, 3.05) is 0 Å². The molecule has 0 radical (unpaired) electrons. The SMILES string of the molecule is c1ccc(-c2cncc(-c3ccc4ccc5cccc6ccc3c4c56)c2)nc1. The van der Waals surface area contributed by atoms with Crippen LogP contribution in [0, 0.1) is 0 Å². The third-order valence-corrected chi connectivity index (χ3v) is 5.54. The molecule has 0 unspecified atom stereocenters. The molecule has 2 nitrogen and oxygen atoms in total. The number of rotatable bonds is 2. The Morgan fingerprint density at radius 1 is 0.571 bits per heavy atom. The van der Waals surface area contributed by atoms with Crippen molar-refractivity contribution in [1.29, 1.82) is 0 Å². The highest BCUT2D eigenvalue weighted by molar-refractivity contribution is 6.25. The molecule has 2 aromatic heterocycles. The van der Waals surface area contributed by atoms with Crippen molar-refractivity contribution >= 4 is 32.3 Å². The number of hydrogen-bond donors (Lipinski definition) is 0. The largest absolute Gasteiger partial charge is 0.263 e. The lowest BCUT2D eigenvalue weighted by molar-refractivity contribution is 1.28. The van der Waals surface area contributed by atoms with Crippen molar-refractivity contribution in [1.82, 2.24) is 9.97 Å². The van der Waals surface area contributed by atoms with Crippen molar-refractivity contribution in [2.24, 2.45) is 0 Å². The van der Waals surface area contributed by atoms with Crippen LogP contribution in [0.25, 0.3) is 54.7 Å². The Morgan fingerprint density at radius 3 is 2.14 bits per heavy atom. The average Bonchev–Trinajstić information content (AvgIpc) is 2.78. The molecule has 0 bridgehead atoms. The molecule has 130 valence electrons. The maximum Gasteiger partial charge on any atom is 0.0717 e. The van der Waals surface area contributed by atoms with Crippen molar-refractivity contribution < 1.29 is 0 Å². The fourth-order valence-electron chi connectivity index (χ4n) is 4.25. The van der Waals surface area contributed by atoms with E-state index in [0.29, 0.717) is 0 Å². The second-order valence-corrected chi connectivity index (χ2v) is 7.15. The molecule has 0 atom stereocenters. The maximum atomic E-state index is 4.51. The monoisotopic (exact) mass is 356 g/mol. The van der Waals surface area contributed by atoms with Gasteiger partial charge in [-0.1, -0.05) is 60.7 Å². The fraction of sp³-hybridized carbons (Fsp3) is 0. The normalized spacial score (nSPS) is 11.6. The zero-order valence-electron chi connectivity index (χ0n) is 15.1. The predicted molar refractivity (Wildman–Crippen MR) is 117 cm³/mol. The van der Waals surface area contributed by atoms with Gasteiger partial charge in [-0.2, -0.15) is 0 Å². The average molecular weight is 356 g/mol. The number of hydrogen-bond acceptors (Lipinski definition) is 2. The van der Waals surface area contributed by atoms with Crippen LogP contribution in [0.4, 0.5) is 0 Å². The molecular formula is C26H16N2. The van der Waals surface area contributed by atoms with Gasteiger partial charge in [0.05, 0.1) is 5.69 Å². The van der Waals surface area contributed by atoms with Gasteiger partial charge >= 0.3 is 0 Å². The first kappa shape index (κ1) is 15.3. The predicted octanol–water partition coefficient (Wildman–Crippen LogP) is 6.71. The van der Waals surface area contributed by atoms with Gasteiger partial charge in [-0.25, -0.2) is 0 Å². The Morgan fingerprint density at radius 2 is 1.32 bits per heavy atom. The molecule has 0 aliphatic heterocycles. The molecule has 0 amide bonds. The van der Waals surface area contributed by atoms with Gasteiger partial charge in [0.2, 0.25) is 0 Å². The summed E-state index contributed by atoms with van der Waals surface area (Å²) in [5.41, 5.74) is 4.29. The van der Waals surface area contributed by atoms with Crippen LogP contribution in [0.15, 0.2) is 97.5 Å². The van der Waals surface area contributed by atoms with Crippen molar-refractivity contribution in [3.05, 3.63) is 97.5 Å². The highest BCUT2D eigenvalue weighted by atomic mass is 14.7. The third-order valence-electron chi connectivity index (χ3n) is 5.54. The summed E-state index contributed by atoms with van der Waals surface area (Å²) in [6.45, 7) is 0. The van der Waals surface area contributed by atoms with Gasteiger partial charge in [0.25, 0.3) is 0 Å². The van der Waals surface area contributed by atoms with E-state index in [1.807, 2.05) is 36.8 Å². The smallest absolute Gasteiger partial charge is 0.0717 e. The first-order valence-electron chi connectivity index (χ1n) is 9.42. The topological polar surface area (TPSA) is 25.8 Å². The van der Waals surface area contributed by atoms with Crippen LogP contribution in [-0.4, -0.2) is 9.97 Å². The summed E-state index contributed by atoms with van der Waals surface area (Å²) in [6, 6.07) is 28.0. The molecule has 2 heterocycles. The minimum absolute atomic E-state index is 0.939. The molecule has 2 heteroatoms. The van der Waals surface area contributed by atoms with Gasteiger partial charge in [-0.15, -0.1) is 0 Å². The Hall–Kier alpha value is -3.78. The summed E-state index contributed by atoms with van der Waals surface area (Å²) in [4.78, 5) is 8.98. The van der Waals surface area contributed by atoms with Crippen LogP contribution in [-0.2, 0) is 0 Å². The number of aromatic nitrogens is 2. The zero-order valence-corrected chi connectivity index (χ0v) is 15.1. The molecule has 0 aliphatic rings. The summed E-state index contributed by atoms with van der Waals surface area (Å²) in [5, 5.41) is 7.78. The molecule has 28 heavy (non-hydrogen) atoms. The highest BCUT2D eigenvalue weighted by Crippen LogP contribution is 2.39. The van der Waals surface area contributed by atoms with E-state index in [2.05, 4.69) is 70.6 Å². The van der Waals surface area contributed by atoms with Gasteiger partial charge in [0.15, 0.2) is 0 Å². The molecule has 0 N–H and O–H groups in total. The lowest BCUT2D eigenvalue weighted by atomic mass is 9.90. The molecule has 6 rings (SSSR count). The van der Waals surface area contributed by atoms with Crippen molar-refractivity contribution in [2.45, 2.75) is 0 Å². The van der Waals surface area contributed by atoms with E-state index in [1.54, 1.807) is 0 Å². The highest BCUT2D eigenvalue weighted by Gasteiger charge is 2.12. The fourth-order valence-corrected chi connectivity index (χ4v) is 4.25. The summed E-state index contributed by atoms with van der Waals surface area (Å²) >= 11 is 0. The molecule has 0 saturated carbocycles. The van der Waals surface area contributed by atoms with Crippen LogP contribution in [0.5, 0.6) is 0 Å². The van der Waals surface area contributed by atoms with E-state index in [9.17, 15) is 0 Å². The summed E-state index contributed by atoms with van der Waals surface area (Å²) in [6.07, 6.45) is 5.64. The lowest BCUT2D eigenvalue weighted by Crippen LogP contribution is -1.89. The number of nitrogens with zero attached hydrogens (tertiary/aromatic N) is 2. The minimum atomic E-state index is 0.939. The van der Waals surface area contributed by atoms with Crippen LogP contribution in [0.3, 0.4) is 0 Å².